The maximum Gasteiger partial charge on any atom is 0.326 e. The van der Waals surface area contributed by atoms with Crippen LogP contribution in [0.15, 0.2) is 30.3 Å². The first-order chi connectivity index (χ1) is 10.4. The molecule has 4 nitrogen and oxygen atoms in total. The minimum atomic E-state index is -2.77. The number of carbonyl (C=O) groups is 2. The monoisotopic (exact) mass is 311 g/mol. The summed E-state index contributed by atoms with van der Waals surface area (Å²) in [5, 5.41) is 11.3. The van der Waals surface area contributed by atoms with Crippen molar-refractivity contribution >= 4 is 11.9 Å². The zero-order valence-corrected chi connectivity index (χ0v) is 12.1. The second kappa shape index (κ2) is 6.85. The van der Waals surface area contributed by atoms with Crippen LogP contribution in [0.1, 0.15) is 31.2 Å². The molecule has 0 radical (unpaired) electrons. The second-order valence-electron chi connectivity index (χ2n) is 5.79. The Kier molecular flexibility index (Phi) is 5.11. The fourth-order valence-corrected chi connectivity index (χ4v) is 2.79. The molecule has 120 valence electrons. The number of carboxylic acid groups (broad SMARTS) is 1. The fourth-order valence-electron chi connectivity index (χ4n) is 2.79. The molecule has 0 spiro atoms. The van der Waals surface area contributed by atoms with Gasteiger partial charge in [0.2, 0.25) is 12.3 Å². The van der Waals surface area contributed by atoms with E-state index in [0.29, 0.717) is 19.3 Å². The molecule has 1 saturated carbocycles. The first kappa shape index (κ1) is 16.4. The van der Waals surface area contributed by atoms with Gasteiger partial charge in [-0.1, -0.05) is 36.8 Å². The third kappa shape index (κ3) is 3.81. The lowest BCUT2D eigenvalue weighted by atomic mass is 9.64. The van der Waals surface area contributed by atoms with Crippen LogP contribution in [0.2, 0.25) is 0 Å². The van der Waals surface area contributed by atoms with Gasteiger partial charge in [-0.25, -0.2) is 13.6 Å². The molecule has 1 aliphatic carbocycles. The van der Waals surface area contributed by atoms with Crippen LogP contribution in [-0.2, 0) is 16.0 Å². The van der Waals surface area contributed by atoms with Gasteiger partial charge in [-0.15, -0.1) is 0 Å². The lowest BCUT2D eigenvalue weighted by Gasteiger charge is -2.41. The normalized spacial score (nSPS) is 17.6. The van der Waals surface area contributed by atoms with Crippen LogP contribution in [0, 0.1) is 5.41 Å². The van der Waals surface area contributed by atoms with Gasteiger partial charge in [0.05, 0.1) is 5.41 Å². The van der Waals surface area contributed by atoms with Crippen LogP contribution >= 0.6 is 0 Å². The highest BCUT2D eigenvalue weighted by Crippen LogP contribution is 2.44. The highest BCUT2D eigenvalue weighted by molar-refractivity contribution is 5.88. The van der Waals surface area contributed by atoms with Crippen LogP contribution < -0.4 is 5.32 Å². The van der Waals surface area contributed by atoms with Gasteiger partial charge in [0.25, 0.3) is 0 Å². The van der Waals surface area contributed by atoms with Crippen molar-refractivity contribution in [3.05, 3.63) is 35.9 Å². The number of benzene rings is 1. The zero-order valence-electron chi connectivity index (χ0n) is 12.1. The van der Waals surface area contributed by atoms with Crippen molar-refractivity contribution in [1.82, 2.24) is 5.32 Å². The summed E-state index contributed by atoms with van der Waals surface area (Å²) in [7, 11) is 0. The van der Waals surface area contributed by atoms with E-state index in [1.54, 1.807) is 0 Å². The summed E-state index contributed by atoms with van der Waals surface area (Å²) in [4.78, 5) is 23.4. The Balaban J connectivity index is 2.06. The Bertz CT molecular complexity index is 529. The predicted molar refractivity (Wildman–Crippen MR) is 76.6 cm³/mol. The number of rotatable bonds is 7. The Hall–Kier alpha value is -1.98. The average molecular weight is 311 g/mol. The number of aliphatic carboxylic acids is 1. The van der Waals surface area contributed by atoms with E-state index in [4.69, 9.17) is 5.11 Å². The summed E-state index contributed by atoms with van der Waals surface area (Å²) in [5.41, 5.74) is 0.315. The number of hydrogen-bond acceptors (Lipinski definition) is 2. The number of amides is 1. The van der Waals surface area contributed by atoms with Crippen LogP contribution in [0.4, 0.5) is 8.78 Å². The third-order valence-electron chi connectivity index (χ3n) is 4.19. The molecule has 0 aromatic heterocycles. The van der Waals surface area contributed by atoms with E-state index >= 15 is 0 Å². The molecule has 1 atom stereocenters. The number of nitrogens with one attached hydrogen (secondary N) is 1. The molecular formula is C16H19F2NO3. The average Bonchev–Trinajstić information content (AvgIpc) is 2.42. The fraction of sp³-hybridized carbons (Fsp3) is 0.500. The summed E-state index contributed by atoms with van der Waals surface area (Å²) in [5.74, 6) is -1.86. The molecule has 0 bridgehead atoms. The third-order valence-corrected chi connectivity index (χ3v) is 4.19. The number of alkyl halides is 2. The largest absolute Gasteiger partial charge is 0.480 e. The van der Waals surface area contributed by atoms with Gasteiger partial charge in [0.15, 0.2) is 0 Å². The van der Waals surface area contributed by atoms with Gasteiger partial charge in [-0.05, 0) is 24.8 Å². The minimum absolute atomic E-state index is 0.435. The molecule has 0 saturated heterocycles. The van der Waals surface area contributed by atoms with Crippen molar-refractivity contribution in [2.24, 2.45) is 5.41 Å². The van der Waals surface area contributed by atoms with E-state index in [0.717, 1.165) is 12.0 Å². The van der Waals surface area contributed by atoms with E-state index in [-0.39, 0.29) is 0 Å². The van der Waals surface area contributed by atoms with Crippen LogP contribution in [-0.4, -0.2) is 29.5 Å². The molecule has 1 aliphatic rings. The maximum atomic E-state index is 12.4. The first-order valence-electron chi connectivity index (χ1n) is 7.29. The molecule has 1 aromatic carbocycles. The Morgan fingerprint density at radius 1 is 1.23 bits per heavy atom. The summed E-state index contributed by atoms with van der Waals surface area (Å²) in [6, 6.07) is 7.89. The van der Waals surface area contributed by atoms with Crippen LogP contribution in [0.3, 0.4) is 0 Å². The standard InChI is InChI=1S/C16H19F2NO3/c17-13(18)9-12(14(20)21)19-15(22)16(7-4-8-16)10-11-5-2-1-3-6-11/h1-3,5-6,12-13H,4,7-10H2,(H,19,22)(H,20,21). The summed E-state index contributed by atoms with van der Waals surface area (Å²) in [6.45, 7) is 0. The van der Waals surface area contributed by atoms with Crippen molar-refractivity contribution in [2.75, 3.05) is 0 Å². The van der Waals surface area contributed by atoms with Gasteiger partial charge in [0.1, 0.15) is 6.04 Å². The van der Waals surface area contributed by atoms with Crippen molar-refractivity contribution in [2.45, 2.75) is 44.6 Å². The van der Waals surface area contributed by atoms with E-state index in [1.807, 2.05) is 30.3 Å². The maximum absolute atomic E-state index is 12.4. The van der Waals surface area contributed by atoms with Crippen LogP contribution in [0.25, 0.3) is 0 Å². The van der Waals surface area contributed by atoms with Gasteiger partial charge >= 0.3 is 5.97 Å². The number of hydrogen-bond donors (Lipinski definition) is 2. The van der Waals surface area contributed by atoms with Gasteiger partial charge < -0.3 is 10.4 Å². The Morgan fingerprint density at radius 3 is 2.32 bits per heavy atom. The highest BCUT2D eigenvalue weighted by atomic mass is 19.3. The summed E-state index contributed by atoms with van der Waals surface area (Å²) >= 11 is 0. The van der Waals surface area contributed by atoms with Gasteiger partial charge in [-0.3, -0.25) is 4.79 Å². The molecule has 1 unspecified atom stereocenters. The summed E-state index contributed by atoms with van der Waals surface area (Å²) < 4.78 is 24.8. The first-order valence-corrected chi connectivity index (χ1v) is 7.29. The molecule has 2 N–H and O–H groups in total. The SMILES string of the molecule is O=C(O)C(CC(F)F)NC(=O)C1(Cc2ccccc2)CCC1. The Morgan fingerprint density at radius 2 is 1.86 bits per heavy atom. The van der Waals surface area contributed by atoms with Crippen molar-refractivity contribution in [3.8, 4) is 0 Å². The van der Waals surface area contributed by atoms with Gasteiger partial charge in [0, 0.05) is 6.42 Å². The molecule has 22 heavy (non-hydrogen) atoms. The van der Waals surface area contributed by atoms with E-state index < -0.39 is 36.2 Å². The predicted octanol–water partition coefficient (Wildman–Crippen LogP) is 2.62. The molecule has 6 heteroatoms. The zero-order chi connectivity index (χ0) is 16.2. The molecule has 1 aromatic rings. The minimum Gasteiger partial charge on any atom is -0.480 e. The van der Waals surface area contributed by atoms with Crippen LogP contribution in [0.5, 0.6) is 0 Å². The second-order valence-corrected chi connectivity index (χ2v) is 5.79. The van der Waals surface area contributed by atoms with Gasteiger partial charge in [-0.2, -0.15) is 0 Å². The topological polar surface area (TPSA) is 66.4 Å². The number of carbonyl (C=O) groups excluding carboxylic acids is 1. The molecule has 0 heterocycles. The van der Waals surface area contributed by atoms with Crippen molar-refractivity contribution < 1.29 is 23.5 Å². The molecule has 1 fully saturated rings. The van der Waals surface area contributed by atoms with E-state index in [1.165, 1.54) is 0 Å². The lowest BCUT2D eigenvalue weighted by Crippen LogP contribution is -2.52. The van der Waals surface area contributed by atoms with E-state index in [2.05, 4.69) is 5.32 Å². The molecular weight excluding hydrogens is 292 g/mol. The van der Waals surface area contributed by atoms with Crippen molar-refractivity contribution in [3.63, 3.8) is 0 Å². The summed E-state index contributed by atoms with van der Waals surface area (Å²) in [6.07, 6.45) is -0.965. The smallest absolute Gasteiger partial charge is 0.326 e. The molecule has 1 amide bonds. The van der Waals surface area contributed by atoms with E-state index in [9.17, 15) is 18.4 Å². The van der Waals surface area contributed by atoms with Crippen molar-refractivity contribution in [1.29, 1.82) is 0 Å². The Labute approximate surface area is 127 Å². The highest BCUT2D eigenvalue weighted by Gasteiger charge is 2.45. The quantitative estimate of drug-likeness (QED) is 0.813. The number of halogens is 2. The lowest BCUT2D eigenvalue weighted by molar-refractivity contribution is -0.146. The molecule has 2 rings (SSSR count). The number of carboxylic acids is 1. The molecule has 0 aliphatic heterocycles.